The van der Waals surface area contributed by atoms with E-state index >= 15 is 0 Å². The van der Waals surface area contributed by atoms with Crippen molar-refractivity contribution in [1.82, 2.24) is 0 Å². The van der Waals surface area contributed by atoms with Crippen molar-refractivity contribution in [3.8, 4) is 11.8 Å². The number of aldehydes is 1. The summed E-state index contributed by atoms with van der Waals surface area (Å²) in [5.74, 6) is 3.17. The molecule has 0 heterocycles. The molecule has 0 aliphatic carbocycles. The van der Waals surface area contributed by atoms with E-state index in [1.807, 2.05) is 0 Å². The van der Waals surface area contributed by atoms with Gasteiger partial charge in [0.1, 0.15) is 6.29 Å². The average molecular weight is 176 g/mol. The zero-order chi connectivity index (χ0) is 8.91. The lowest BCUT2D eigenvalue weighted by Crippen LogP contribution is -2.14. The Kier molecular flexibility index (Phi) is 3.79. The van der Waals surface area contributed by atoms with E-state index < -0.39 is 21.8 Å². The van der Waals surface area contributed by atoms with Crippen LogP contribution in [0.5, 0.6) is 0 Å². The van der Waals surface area contributed by atoms with Gasteiger partial charge in [-0.3, -0.25) is 4.55 Å². The van der Waals surface area contributed by atoms with Crippen LogP contribution < -0.4 is 0 Å². The van der Waals surface area contributed by atoms with Crippen molar-refractivity contribution in [2.24, 2.45) is 5.92 Å². The zero-order valence-corrected chi connectivity index (χ0v) is 6.76. The van der Waals surface area contributed by atoms with Gasteiger partial charge in [-0.2, -0.15) is 8.42 Å². The second kappa shape index (κ2) is 4.11. The van der Waals surface area contributed by atoms with Gasteiger partial charge in [0.25, 0.3) is 10.1 Å². The first-order valence-corrected chi connectivity index (χ1v) is 4.43. The first-order valence-electron chi connectivity index (χ1n) is 2.82. The minimum Gasteiger partial charge on any atom is -0.302 e. The van der Waals surface area contributed by atoms with Crippen molar-refractivity contribution in [2.45, 2.75) is 6.92 Å². The molecule has 0 rings (SSSR count). The Labute approximate surface area is 65.4 Å². The van der Waals surface area contributed by atoms with Gasteiger partial charge in [0.15, 0.2) is 0 Å². The molecule has 0 fully saturated rings. The standard InChI is InChI=1S/C6H8O4S/c1-2-3-6(4-7)5-11(8,9)10/h4,6H,5H2,1H3,(H,8,9,10). The molecule has 0 aliphatic heterocycles. The van der Waals surface area contributed by atoms with Crippen LogP contribution in [0.2, 0.25) is 0 Å². The lowest BCUT2D eigenvalue weighted by Gasteiger charge is -1.96. The first-order chi connectivity index (χ1) is 4.99. The second-order valence-electron chi connectivity index (χ2n) is 1.89. The molecule has 0 spiro atoms. The molecular formula is C6H8O4S. The Bertz CT molecular complexity index is 279. The summed E-state index contributed by atoms with van der Waals surface area (Å²) < 4.78 is 28.7. The lowest BCUT2D eigenvalue weighted by atomic mass is 10.2. The molecule has 5 heteroatoms. The van der Waals surface area contributed by atoms with E-state index in [-0.39, 0.29) is 0 Å². The molecule has 0 saturated carbocycles. The molecule has 1 unspecified atom stereocenters. The number of carbonyl (C=O) groups excluding carboxylic acids is 1. The fraction of sp³-hybridized carbons (Fsp3) is 0.500. The molecule has 62 valence electrons. The first kappa shape index (κ1) is 10.1. The molecular weight excluding hydrogens is 168 g/mol. The minimum atomic E-state index is -4.09. The molecule has 1 atom stereocenters. The van der Waals surface area contributed by atoms with Crippen molar-refractivity contribution in [3.63, 3.8) is 0 Å². The summed E-state index contributed by atoms with van der Waals surface area (Å²) in [6.45, 7) is 1.49. The maximum atomic E-state index is 10.2. The van der Waals surface area contributed by atoms with Crippen LogP contribution in [-0.4, -0.2) is 25.0 Å². The highest BCUT2D eigenvalue weighted by Crippen LogP contribution is 1.94. The number of rotatable bonds is 3. The van der Waals surface area contributed by atoms with Gasteiger partial charge in [-0.15, -0.1) is 5.92 Å². The predicted molar refractivity (Wildman–Crippen MR) is 39.4 cm³/mol. The van der Waals surface area contributed by atoms with Gasteiger partial charge in [-0.1, -0.05) is 5.92 Å². The summed E-state index contributed by atoms with van der Waals surface area (Å²) in [5.41, 5.74) is 0. The Morgan fingerprint density at radius 2 is 2.18 bits per heavy atom. The van der Waals surface area contributed by atoms with Gasteiger partial charge in [-0.05, 0) is 6.92 Å². The largest absolute Gasteiger partial charge is 0.302 e. The van der Waals surface area contributed by atoms with Gasteiger partial charge in [-0.25, -0.2) is 0 Å². The van der Waals surface area contributed by atoms with Gasteiger partial charge < -0.3 is 4.79 Å². The quantitative estimate of drug-likeness (QED) is 0.364. The number of hydrogen-bond donors (Lipinski definition) is 1. The third kappa shape index (κ3) is 5.58. The van der Waals surface area contributed by atoms with Crippen molar-refractivity contribution in [1.29, 1.82) is 0 Å². The van der Waals surface area contributed by atoms with Crippen LogP contribution in [0.1, 0.15) is 6.92 Å². The van der Waals surface area contributed by atoms with Crippen molar-refractivity contribution in [3.05, 3.63) is 0 Å². The van der Waals surface area contributed by atoms with Crippen LogP contribution in [-0.2, 0) is 14.9 Å². The molecule has 0 aromatic carbocycles. The van der Waals surface area contributed by atoms with E-state index in [1.165, 1.54) is 6.92 Å². The number of carbonyl (C=O) groups is 1. The van der Waals surface area contributed by atoms with Crippen LogP contribution in [0.4, 0.5) is 0 Å². The highest BCUT2D eigenvalue weighted by atomic mass is 32.2. The van der Waals surface area contributed by atoms with Crippen LogP contribution in [0.25, 0.3) is 0 Å². The Morgan fingerprint density at radius 1 is 1.64 bits per heavy atom. The molecule has 11 heavy (non-hydrogen) atoms. The van der Waals surface area contributed by atoms with E-state index in [4.69, 9.17) is 4.55 Å². The average Bonchev–Trinajstić information content (AvgIpc) is 1.84. The molecule has 0 bridgehead atoms. The van der Waals surface area contributed by atoms with E-state index in [2.05, 4.69) is 11.8 Å². The SMILES string of the molecule is CC#CC(C=O)CS(=O)(=O)O. The Hall–Kier alpha value is -0.860. The minimum absolute atomic E-state index is 0.393. The normalized spacial score (nSPS) is 12.9. The molecule has 0 aliphatic rings. The summed E-state index contributed by atoms with van der Waals surface area (Å²) >= 11 is 0. The monoisotopic (exact) mass is 176 g/mol. The number of hydrogen-bond acceptors (Lipinski definition) is 3. The van der Waals surface area contributed by atoms with E-state index in [0.29, 0.717) is 6.29 Å². The Balaban J connectivity index is 4.29. The summed E-state index contributed by atoms with van der Waals surface area (Å²) in [7, 11) is -4.09. The highest BCUT2D eigenvalue weighted by Gasteiger charge is 2.12. The smallest absolute Gasteiger partial charge is 0.266 e. The maximum Gasteiger partial charge on any atom is 0.266 e. The molecule has 0 aromatic rings. The Morgan fingerprint density at radius 3 is 2.45 bits per heavy atom. The third-order valence-electron chi connectivity index (χ3n) is 0.884. The topological polar surface area (TPSA) is 71.4 Å². The van der Waals surface area contributed by atoms with Gasteiger partial charge in [0, 0.05) is 0 Å². The molecule has 0 radical (unpaired) electrons. The molecule has 1 N–H and O–H groups in total. The highest BCUT2D eigenvalue weighted by molar-refractivity contribution is 7.85. The van der Waals surface area contributed by atoms with E-state index in [0.717, 1.165) is 0 Å². The molecule has 0 aromatic heterocycles. The summed E-state index contributed by atoms with van der Waals surface area (Å²) in [4.78, 5) is 10.1. The fourth-order valence-corrected chi connectivity index (χ4v) is 1.14. The van der Waals surface area contributed by atoms with Gasteiger partial charge in [0.2, 0.25) is 0 Å². The fourth-order valence-electron chi connectivity index (χ4n) is 0.527. The summed E-state index contributed by atoms with van der Waals surface area (Å²) in [6.07, 6.45) is 0.393. The second-order valence-corrected chi connectivity index (χ2v) is 3.38. The van der Waals surface area contributed by atoms with Crippen LogP contribution in [0.15, 0.2) is 0 Å². The van der Waals surface area contributed by atoms with Crippen LogP contribution >= 0.6 is 0 Å². The molecule has 4 nitrogen and oxygen atoms in total. The van der Waals surface area contributed by atoms with Crippen molar-refractivity contribution < 1.29 is 17.8 Å². The lowest BCUT2D eigenvalue weighted by molar-refractivity contribution is -0.109. The van der Waals surface area contributed by atoms with E-state index in [9.17, 15) is 13.2 Å². The van der Waals surface area contributed by atoms with Gasteiger partial charge in [0.05, 0.1) is 11.7 Å². The third-order valence-corrected chi connectivity index (χ3v) is 1.66. The van der Waals surface area contributed by atoms with Crippen LogP contribution in [0, 0.1) is 17.8 Å². The van der Waals surface area contributed by atoms with Crippen molar-refractivity contribution in [2.75, 3.05) is 5.75 Å². The van der Waals surface area contributed by atoms with Crippen LogP contribution in [0.3, 0.4) is 0 Å². The van der Waals surface area contributed by atoms with Crippen molar-refractivity contribution >= 4 is 16.4 Å². The predicted octanol–water partition coefficient (Wildman–Crippen LogP) is -0.287. The van der Waals surface area contributed by atoms with E-state index in [1.54, 1.807) is 0 Å². The summed E-state index contributed by atoms with van der Waals surface area (Å²) in [6, 6.07) is 0. The zero-order valence-electron chi connectivity index (χ0n) is 5.94. The van der Waals surface area contributed by atoms with Gasteiger partial charge >= 0.3 is 0 Å². The summed E-state index contributed by atoms with van der Waals surface area (Å²) in [5, 5.41) is 0. The molecule has 0 amide bonds. The molecule has 0 saturated heterocycles. The maximum absolute atomic E-state index is 10.2.